The van der Waals surface area contributed by atoms with Crippen molar-refractivity contribution >= 4 is 5.69 Å². The molecule has 2 N–H and O–H groups in total. The number of rotatable bonds is 7. The minimum atomic E-state index is -0.185. The van der Waals surface area contributed by atoms with Crippen LogP contribution in [0.2, 0.25) is 0 Å². The summed E-state index contributed by atoms with van der Waals surface area (Å²) >= 11 is 0. The molecule has 31 heavy (non-hydrogen) atoms. The van der Waals surface area contributed by atoms with E-state index in [0.29, 0.717) is 12.5 Å². The van der Waals surface area contributed by atoms with Crippen LogP contribution in [0.4, 0.5) is 10.1 Å². The molecule has 1 saturated heterocycles. The van der Waals surface area contributed by atoms with Gasteiger partial charge in [0, 0.05) is 37.4 Å². The van der Waals surface area contributed by atoms with Gasteiger partial charge >= 0.3 is 0 Å². The lowest BCUT2D eigenvalue weighted by Crippen LogP contribution is -2.26. The van der Waals surface area contributed by atoms with Crippen LogP contribution in [-0.4, -0.2) is 24.6 Å². The fourth-order valence-electron chi connectivity index (χ4n) is 4.37. The highest BCUT2D eigenvalue weighted by atomic mass is 19.1. The molecule has 1 fully saturated rings. The first-order valence-corrected chi connectivity index (χ1v) is 11.1. The van der Waals surface area contributed by atoms with Crippen LogP contribution in [0.5, 0.6) is 0 Å². The summed E-state index contributed by atoms with van der Waals surface area (Å²) in [5, 5.41) is 3.47. The highest BCUT2D eigenvalue weighted by Crippen LogP contribution is 2.28. The second-order valence-electron chi connectivity index (χ2n) is 8.44. The van der Waals surface area contributed by atoms with Crippen LogP contribution >= 0.6 is 0 Å². The first kappa shape index (κ1) is 21.3. The smallest absolute Gasteiger partial charge is 0.251 e. The number of nitrogens with one attached hydrogen (secondary N) is 2. The van der Waals surface area contributed by atoms with E-state index in [0.717, 1.165) is 60.4 Å². The molecule has 0 radical (unpaired) electrons. The van der Waals surface area contributed by atoms with Crippen molar-refractivity contribution in [3.05, 3.63) is 87.5 Å². The summed E-state index contributed by atoms with van der Waals surface area (Å²) in [5.41, 5.74) is 6.05. The van der Waals surface area contributed by atoms with Crippen molar-refractivity contribution < 1.29 is 4.39 Å². The van der Waals surface area contributed by atoms with Crippen molar-refractivity contribution in [1.29, 1.82) is 0 Å². The number of benzene rings is 2. The third kappa shape index (κ3) is 5.05. The van der Waals surface area contributed by atoms with Crippen LogP contribution in [0.15, 0.2) is 59.4 Å². The quantitative estimate of drug-likeness (QED) is 0.585. The van der Waals surface area contributed by atoms with E-state index in [1.165, 1.54) is 11.8 Å². The molecule has 0 spiro atoms. The molecule has 2 aromatic carbocycles. The Labute approximate surface area is 183 Å². The fourth-order valence-corrected chi connectivity index (χ4v) is 4.37. The Bertz CT molecular complexity index is 1090. The number of hydrogen-bond donors (Lipinski definition) is 2. The molecule has 1 aliphatic rings. The van der Waals surface area contributed by atoms with E-state index in [2.05, 4.69) is 46.4 Å². The Morgan fingerprint density at radius 2 is 1.97 bits per heavy atom. The van der Waals surface area contributed by atoms with Gasteiger partial charge in [0.05, 0.1) is 5.69 Å². The molecular weight excluding hydrogens is 389 g/mol. The maximum absolute atomic E-state index is 13.3. The maximum atomic E-state index is 13.3. The van der Waals surface area contributed by atoms with Crippen LogP contribution in [0, 0.1) is 18.7 Å². The zero-order chi connectivity index (χ0) is 21.8. The number of hydrogen-bond acceptors (Lipinski definition) is 3. The molecule has 3 aromatic rings. The number of H-pyrrole nitrogens is 1. The van der Waals surface area contributed by atoms with Gasteiger partial charge in [0.2, 0.25) is 0 Å². The zero-order valence-electron chi connectivity index (χ0n) is 18.2. The second kappa shape index (κ2) is 9.48. The molecule has 162 valence electrons. The number of aryl methyl sites for hydroxylation is 2. The van der Waals surface area contributed by atoms with Crippen molar-refractivity contribution in [2.45, 2.75) is 33.2 Å². The van der Waals surface area contributed by atoms with Crippen LogP contribution < -0.4 is 15.8 Å². The molecule has 1 atom stereocenters. The van der Waals surface area contributed by atoms with Gasteiger partial charge in [-0.3, -0.25) is 4.79 Å². The number of anilines is 1. The molecule has 4 nitrogen and oxygen atoms in total. The summed E-state index contributed by atoms with van der Waals surface area (Å²) < 4.78 is 13.3. The summed E-state index contributed by atoms with van der Waals surface area (Å²) in [6.07, 6.45) is 2.02. The average Bonchev–Trinajstić information content (AvgIpc) is 3.24. The predicted octanol–water partition coefficient (Wildman–Crippen LogP) is 4.67. The Morgan fingerprint density at radius 3 is 2.71 bits per heavy atom. The number of pyridine rings is 1. The fraction of sp³-hybridized carbons (Fsp3) is 0.346. The maximum Gasteiger partial charge on any atom is 0.251 e. The Hall–Kier alpha value is -2.92. The number of halogens is 1. The molecule has 5 heteroatoms. The molecular formula is C26H30FN3O. The average molecular weight is 420 g/mol. The van der Waals surface area contributed by atoms with E-state index < -0.39 is 0 Å². The van der Waals surface area contributed by atoms with E-state index >= 15 is 0 Å². The van der Waals surface area contributed by atoms with Gasteiger partial charge < -0.3 is 15.2 Å². The molecule has 1 aliphatic heterocycles. The summed E-state index contributed by atoms with van der Waals surface area (Å²) in [6.45, 7) is 7.62. The van der Waals surface area contributed by atoms with Gasteiger partial charge in [-0.05, 0) is 72.7 Å². The highest BCUT2D eigenvalue weighted by Gasteiger charge is 2.22. The van der Waals surface area contributed by atoms with E-state index in [1.54, 1.807) is 12.1 Å². The van der Waals surface area contributed by atoms with Gasteiger partial charge in [0.1, 0.15) is 5.82 Å². The van der Waals surface area contributed by atoms with Gasteiger partial charge in [0.15, 0.2) is 0 Å². The Balaban J connectivity index is 1.36. The third-order valence-electron chi connectivity index (χ3n) is 6.15. The lowest BCUT2D eigenvalue weighted by Gasteiger charge is -2.19. The molecule has 4 rings (SSSR count). The number of aromatic nitrogens is 1. The van der Waals surface area contributed by atoms with Crippen LogP contribution in [0.25, 0.3) is 11.3 Å². The van der Waals surface area contributed by atoms with Crippen molar-refractivity contribution in [3.63, 3.8) is 0 Å². The first-order chi connectivity index (χ1) is 15.0. The molecule has 2 heterocycles. The Kier molecular flexibility index (Phi) is 6.52. The molecule has 0 amide bonds. The highest BCUT2D eigenvalue weighted by molar-refractivity contribution is 5.66. The third-order valence-corrected chi connectivity index (χ3v) is 6.15. The molecule has 0 saturated carbocycles. The largest absolute Gasteiger partial charge is 0.371 e. The van der Waals surface area contributed by atoms with E-state index in [1.807, 2.05) is 19.1 Å². The van der Waals surface area contributed by atoms with E-state index in [9.17, 15) is 9.18 Å². The van der Waals surface area contributed by atoms with Gasteiger partial charge in [0.25, 0.3) is 5.56 Å². The van der Waals surface area contributed by atoms with Gasteiger partial charge in [-0.2, -0.15) is 0 Å². The Morgan fingerprint density at radius 1 is 1.16 bits per heavy atom. The van der Waals surface area contributed by atoms with Crippen LogP contribution in [0.1, 0.15) is 30.0 Å². The van der Waals surface area contributed by atoms with Crippen molar-refractivity contribution in [1.82, 2.24) is 10.3 Å². The zero-order valence-corrected chi connectivity index (χ0v) is 18.2. The number of aromatic amines is 1. The second-order valence-corrected chi connectivity index (χ2v) is 8.44. The summed E-state index contributed by atoms with van der Waals surface area (Å²) in [5.74, 6) is 0.393. The summed E-state index contributed by atoms with van der Waals surface area (Å²) in [4.78, 5) is 17.6. The number of nitrogens with zero attached hydrogens (tertiary/aromatic N) is 1. The lowest BCUT2D eigenvalue weighted by molar-refractivity contribution is 0.515. The molecule has 0 aliphatic carbocycles. The van der Waals surface area contributed by atoms with E-state index in [4.69, 9.17) is 0 Å². The van der Waals surface area contributed by atoms with Gasteiger partial charge in [-0.15, -0.1) is 0 Å². The van der Waals surface area contributed by atoms with Crippen LogP contribution in [0.3, 0.4) is 0 Å². The van der Waals surface area contributed by atoms with Crippen molar-refractivity contribution in [2.24, 2.45) is 5.92 Å². The van der Waals surface area contributed by atoms with E-state index in [-0.39, 0.29) is 11.4 Å². The SMILES string of the molecule is CCc1cc(C)c(=O)[nH]c1-c1ccc(N2CCC(CNCc3cccc(F)c3)C2)cc1. The van der Waals surface area contributed by atoms with Crippen molar-refractivity contribution in [3.8, 4) is 11.3 Å². The van der Waals surface area contributed by atoms with Crippen LogP contribution in [-0.2, 0) is 13.0 Å². The molecule has 1 aromatic heterocycles. The normalized spacial score (nSPS) is 16.1. The minimum Gasteiger partial charge on any atom is -0.371 e. The molecule has 1 unspecified atom stereocenters. The lowest BCUT2D eigenvalue weighted by atomic mass is 10.0. The predicted molar refractivity (Wildman–Crippen MR) is 125 cm³/mol. The van der Waals surface area contributed by atoms with Gasteiger partial charge in [-0.25, -0.2) is 4.39 Å². The minimum absolute atomic E-state index is 0.0237. The van der Waals surface area contributed by atoms with Gasteiger partial charge in [-0.1, -0.05) is 31.2 Å². The standard InChI is InChI=1S/C26H30FN3O/c1-3-21-13-18(2)26(31)29-25(21)22-7-9-24(10-8-22)30-12-11-20(17-30)16-28-15-19-5-4-6-23(27)14-19/h4-10,13-14,20,28H,3,11-12,15-17H2,1-2H3,(H,29,31). The topological polar surface area (TPSA) is 48.1 Å². The summed E-state index contributed by atoms with van der Waals surface area (Å²) in [7, 11) is 0. The summed E-state index contributed by atoms with van der Waals surface area (Å²) in [6, 6.07) is 17.3. The monoisotopic (exact) mass is 419 g/mol. The van der Waals surface area contributed by atoms with Crippen molar-refractivity contribution in [2.75, 3.05) is 24.5 Å². The first-order valence-electron chi connectivity index (χ1n) is 11.1. The molecule has 0 bridgehead atoms.